The van der Waals surface area contributed by atoms with Gasteiger partial charge in [0, 0.05) is 6.04 Å². The molecule has 1 aliphatic heterocycles. The summed E-state index contributed by atoms with van der Waals surface area (Å²) in [4.78, 5) is 22.0. The Kier molecular flexibility index (Phi) is 3.73. The number of alkyl halides is 1. The van der Waals surface area contributed by atoms with Crippen LogP contribution in [0.4, 0.5) is 15.9 Å². The van der Waals surface area contributed by atoms with E-state index in [1.807, 2.05) is 4.90 Å². The summed E-state index contributed by atoms with van der Waals surface area (Å²) in [6, 6.07) is 0.186. The van der Waals surface area contributed by atoms with Crippen molar-refractivity contribution in [3.8, 4) is 0 Å². The van der Waals surface area contributed by atoms with Gasteiger partial charge in [0.1, 0.15) is 5.69 Å². The Bertz CT molecular complexity index is 560. The number of aromatic nitrogens is 2. The van der Waals surface area contributed by atoms with E-state index in [-0.39, 0.29) is 17.9 Å². The Morgan fingerprint density at radius 3 is 2.86 bits per heavy atom. The van der Waals surface area contributed by atoms with E-state index in [9.17, 15) is 9.18 Å². The van der Waals surface area contributed by atoms with E-state index in [1.54, 1.807) is 0 Å². The summed E-state index contributed by atoms with van der Waals surface area (Å²) in [5, 5.41) is 2.67. The lowest BCUT2D eigenvalue weighted by Crippen LogP contribution is -2.48. The van der Waals surface area contributed by atoms with Crippen molar-refractivity contribution in [3.63, 3.8) is 0 Å². The highest BCUT2D eigenvalue weighted by atomic mass is 35.5. The van der Waals surface area contributed by atoms with Crippen LogP contribution < -0.4 is 10.2 Å². The maximum absolute atomic E-state index is 14.7. The second kappa shape index (κ2) is 5.40. The minimum atomic E-state index is -1.97. The quantitative estimate of drug-likeness (QED) is 0.810. The molecule has 1 unspecified atom stereocenters. The van der Waals surface area contributed by atoms with Crippen LogP contribution in [0.3, 0.4) is 0 Å². The van der Waals surface area contributed by atoms with Gasteiger partial charge in [-0.1, -0.05) is 19.3 Å². The summed E-state index contributed by atoms with van der Waals surface area (Å²) in [5.41, 5.74) is -1.54. The smallest absolute Gasteiger partial charge is 0.263 e. The third-order valence-electron chi connectivity index (χ3n) is 4.22. The second-order valence-corrected chi connectivity index (χ2v) is 6.29. The Morgan fingerprint density at radius 1 is 1.43 bits per heavy atom. The maximum Gasteiger partial charge on any atom is 0.263 e. The van der Waals surface area contributed by atoms with Crippen molar-refractivity contribution in [2.45, 2.75) is 50.7 Å². The van der Waals surface area contributed by atoms with Gasteiger partial charge in [0.15, 0.2) is 5.82 Å². The predicted octanol–water partition coefficient (Wildman–Crippen LogP) is 2.95. The van der Waals surface area contributed by atoms with Crippen molar-refractivity contribution >= 4 is 29.0 Å². The molecule has 1 aliphatic carbocycles. The van der Waals surface area contributed by atoms with Crippen molar-refractivity contribution in [2.24, 2.45) is 0 Å². The summed E-state index contributed by atoms with van der Waals surface area (Å²) in [7, 11) is 0. The zero-order chi connectivity index (χ0) is 15.0. The van der Waals surface area contributed by atoms with Gasteiger partial charge in [0.2, 0.25) is 11.0 Å². The number of halogens is 2. The Balaban J connectivity index is 2.03. The lowest BCUT2D eigenvalue weighted by Gasteiger charge is -2.36. The molecule has 1 aromatic heterocycles. The van der Waals surface area contributed by atoms with Gasteiger partial charge in [-0.25, -0.2) is 9.37 Å². The summed E-state index contributed by atoms with van der Waals surface area (Å²) in [6.45, 7) is 1.29. The minimum Gasteiger partial charge on any atom is -0.348 e. The number of hydrogen-bond donors (Lipinski definition) is 1. The zero-order valence-corrected chi connectivity index (χ0v) is 12.7. The van der Waals surface area contributed by atoms with Gasteiger partial charge in [0.05, 0.1) is 12.7 Å². The minimum absolute atomic E-state index is 0.0101. The molecule has 1 amide bonds. The Morgan fingerprint density at radius 2 is 2.14 bits per heavy atom. The zero-order valence-electron chi connectivity index (χ0n) is 11.9. The molecule has 1 aromatic rings. The van der Waals surface area contributed by atoms with E-state index in [0.717, 1.165) is 25.7 Å². The van der Waals surface area contributed by atoms with E-state index in [0.29, 0.717) is 11.5 Å². The van der Waals surface area contributed by atoms with E-state index >= 15 is 0 Å². The number of rotatable bonds is 1. The van der Waals surface area contributed by atoms with Gasteiger partial charge >= 0.3 is 0 Å². The molecule has 0 radical (unpaired) electrons. The molecule has 1 N–H and O–H groups in total. The average molecular weight is 313 g/mol. The van der Waals surface area contributed by atoms with Crippen molar-refractivity contribution in [1.29, 1.82) is 0 Å². The Hall–Kier alpha value is -1.43. The van der Waals surface area contributed by atoms with Gasteiger partial charge in [-0.2, -0.15) is 4.98 Å². The van der Waals surface area contributed by atoms with Crippen LogP contribution in [0.2, 0.25) is 5.28 Å². The molecule has 21 heavy (non-hydrogen) atoms. The standard InChI is InChI=1S/C14H18ClFN4O/c1-14(16)8-20(9-5-3-2-4-6-9)11-10(18-12(14)21)7-17-13(15)19-11/h7,9H,2-6,8H2,1H3,(H,18,21). The van der Waals surface area contributed by atoms with Crippen LogP contribution in [0.1, 0.15) is 39.0 Å². The number of amides is 1. The fourth-order valence-electron chi connectivity index (χ4n) is 3.07. The lowest BCUT2D eigenvalue weighted by molar-refractivity contribution is -0.125. The van der Waals surface area contributed by atoms with Gasteiger partial charge in [-0.05, 0) is 31.4 Å². The monoisotopic (exact) mass is 312 g/mol. The first-order valence-electron chi connectivity index (χ1n) is 7.27. The fourth-order valence-corrected chi connectivity index (χ4v) is 3.20. The molecule has 1 atom stereocenters. The molecule has 114 valence electrons. The van der Waals surface area contributed by atoms with Gasteiger partial charge in [0.25, 0.3) is 5.91 Å². The normalized spacial score (nSPS) is 27.0. The molecule has 5 nitrogen and oxygen atoms in total. The summed E-state index contributed by atoms with van der Waals surface area (Å²) in [6.07, 6.45) is 6.82. The van der Waals surface area contributed by atoms with E-state index in [4.69, 9.17) is 11.6 Å². The predicted molar refractivity (Wildman–Crippen MR) is 79.4 cm³/mol. The maximum atomic E-state index is 14.7. The number of hydrogen-bond acceptors (Lipinski definition) is 4. The van der Waals surface area contributed by atoms with Gasteiger partial charge in [-0.3, -0.25) is 4.79 Å². The van der Waals surface area contributed by atoms with Gasteiger partial charge in [-0.15, -0.1) is 0 Å². The molecule has 3 rings (SSSR count). The molecule has 2 aliphatic rings. The van der Waals surface area contributed by atoms with Crippen molar-refractivity contribution in [3.05, 3.63) is 11.5 Å². The number of nitrogens with one attached hydrogen (secondary N) is 1. The number of fused-ring (bicyclic) bond motifs is 1. The summed E-state index contributed by atoms with van der Waals surface area (Å²) >= 11 is 5.89. The third kappa shape index (κ3) is 2.81. The van der Waals surface area contributed by atoms with Crippen molar-refractivity contribution < 1.29 is 9.18 Å². The van der Waals surface area contributed by atoms with Crippen LogP contribution in [0.15, 0.2) is 6.20 Å². The van der Waals surface area contributed by atoms with Crippen molar-refractivity contribution in [2.75, 3.05) is 16.8 Å². The fraction of sp³-hybridized carbons (Fsp3) is 0.643. The van der Waals surface area contributed by atoms with Gasteiger partial charge < -0.3 is 10.2 Å². The van der Waals surface area contributed by atoms with E-state index in [2.05, 4.69) is 15.3 Å². The molecule has 0 aromatic carbocycles. The summed E-state index contributed by atoms with van der Waals surface area (Å²) in [5.74, 6) is -0.135. The number of carbonyl (C=O) groups is 1. The molecule has 0 spiro atoms. The molecule has 0 bridgehead atoms. The molecular weight excluding hydrogens is 295 g/mol. The molecule has 1 fully saturated rings. The number of nitrogens with zero attached hydrogens (tertiary/aromatic N) is 3. The van der Waals surface area contributed by atoms with E-state index < -0.39 is 11.6 Å². The van der Waals surface area contributed by atoms with Crippen LogP contribution in [-0.2, 0) is 4.79 Å². The Labute approximate surface area is 127 Å². The lowest BCUT2D eigenvalue weighted by atomic mass is 9.93. The van der Waals surface area contributed by atoms with Crippen LogP contribution in [0.25, 0.3) is 0 Å². The first-order chi connectivity index (χ1) is 9.97. The van der Waals surface area contributed by atoms with Crippen LogP contribution in [0, 0.1) is 0 Å². The first kappa shape index (κ1) is 14.5. The molecule has 2 heterocycles. The largest absolute Gasteiger partial charge is 0.348 e. The highest BCUT2D eigenvalue weighted by Gasteiger charge is 2.41. The average Bonchev–Trinajstić information content (AvgIpc) is 2.56. The van der Waals surface area contributed by atoms with Crippen LogP contribution in [0.5, 0.6) is 0 Å². The van der Waals surface area contributed by atoms with Crippen LogP contribution in [-0.4, -0.2) is 34.1 Å². The van der Waals surface area contributed by atoms with Crippen molar-refractivity contribution in [1.82, 2.24) is 9.97 Å². The first-order valence-corrected chi connectivity index (χ1v) is 7.65. The topological polar surface area (TPSA) is 58.1 Å². The number of carbonyl (C=O) groups excluding carboxylic acids is 1. The van der Waals surface area contributed by atoms with E-state index in [1.165, 1.54) is 19.5 Å². The summed E-state index contributed by atoms with van der Waals surface area (Å²) < 4.78 is 14.7. The molecule has 7 heteroatoms. The number of anilines is 2. The molecule has 1 saturated carbocycles. The highest BCUT2D eigenvalue weighted by molar-refractivity contribution is 6.28. The second-order valence-electron chi connectivity index (χ2n) is 5.95. The molecule has 0 saturated heterocycles. The molecular formula is C14H18ClFN4O. The highest BCUT2D eigenvalue weighted by Crippen LogP contribution is 2.36. The van der Waals surface area contributed by atoms with Crippen LogP contribution >= 0.6 is 11.6 Å². The SMILES string of the molecule is CC1(F)CN(C2CCCCC2)c2nc(Cl)ncc2NC1=O. The third-order valence-corrected chi connectivity index (χ3v) is 4.40.